The van der Waals surface area contributed by atoms with Crippen molar-refractivity contribution in [3.63, 3.8) is 0 Å². The molecule has 1 heterocycles. The van der Waals surface area contributed by atoms with Gasteiger partial charge in [-0.15, -0.1) is 0 Å². The van der Waals surface area contributed by atoms with Gasteiger partial charge in [-0.05, 0) is 48.9 Å². The minimum absolute atomic E-state index is 0.0171. The molecule has 190 valence electrons. The van der Waals surface area contributed by atoms with E-state index in [9.17, 15) is 35.1 Å². The molecule has 0 amide bonds. The maximum atomic E-state index is 12.3. The number of esters is 2. The molecule has 11 nitrogen and oxygen atoms in total. The van der Waals surface area contributed by atoms with Gasteiger partial charge in [0.1, 0.15) is 36.8 Å². The van der Waals surface area contributed by atoms with E-state index in [1.165, 1.54) is 31.4 Å². The smallest absolute Gasteiger partial charge is 0.338 e. The maximum absolute atomic E-state index is 12.3. The molecule has 1 aromatic rings. The fraction of sp³-hybridized carbons (Fsp3) is 0.652. The quantitative estimate of drug-likeness (QED) is 0.303. The summed E-state index contributed by atoms with van der Waals surface area (Å²) < 4.78 is 21.6. The fourth-order valence-corrected chi connectivity index (χ4v) is 4.68. The van der Waals surface area contributed by atoms with Crippen LogP contribution in [0.3, 0.4) is 0 Å². The highest BCUT2D eigenvalue weighted by Gasteiger charge is 2.50. The third-order valence-electron chi connectivity index (χ3n) is 6.63. The highest BCUT2D eigenvalue weighted by atomic mass is 16.7. The van der Waals surface area contributed by atoms with Gasteiger partial charge in [-0.25, -0.2) is 4.79 Å². The fourth-order valence-electron chi connectivity index (χ4n) is 4.68. The summed E-state index contributed by atoms with van der Waals surface area (Å²) in [5, 5.41) is 49.7. The summed E-state index contributed by atoms with van der Waals surface area (Å²) in [6, 6.07) is 5.37. The Labute approximate surface area is 196 Å². The van der Waals surface area contributed by atoms with Gasteiger partial charge >= 0.3 is 11.9 Å². The van der Waals surface area contributed by atoms with E-state index in [2.05, 4.69) is 0 Å². The molecule has 5 N–H and O–H groups in total. The van der Waals surface area contributed by atoms with E-state index in [1.807, 2.05) is 0 Å². The standard InChI is InChI=1S/C23H32O11/c1-11-15(9-13(7-8-24)17(11)22(30)31-2)33-23-20(28)19(27)18(26)16(34-23)10-32-21(29)12-3-5-14(25)6-4-12/h3-6,11,13,15-20,23-28H,7-10H2,1-2H3/t11-,13+,15+,16+,17+,18+,19+,20+,23-/m0/s1. The number of carbonyl (C=O) groups excluding carboxylic acids is 2. The Morgan fingerprint density at radius 1 is 1.09 bits per heavy atom. The second-order valence-corrected chi connectivity index (χ2v) is 8.75. The van der Waals surface area contributed by atoms with Crippen LogP contribution >= 0.6 is 0 Å². The number of aliphatic hydroxyl groups is 4. The molecule has 1 saturated heterocycles. The Morgan fingerprint density at radius 2 is 1.76 bits per heavy atom. The number of phenols is 1. The van der Waals surface area contributed by atoms with Crippen LogP contribution in [-0.2, 0) is 23.7 Å². The van der Waals surface area contributed by atoms with Crippen LogP contribution in [0.5, 0.6) is 5.75 Å². The largest absolute Gasteiger partial charge is 0.508 e. The zero-order valence-electron chi connectivity index (χ0n) is 19.0. The van der Waals surface area contributed by atoms with Gasteiger partial charge in [0, 0.05) is 6.61 Å². The van der Waals surface area contributed by atoms with Crippen LogP contribution in [0.4, 0.5) is 0 Å². The van der Waals surface area contributed by atoms with Crippen molar-refractivity contribution in [2.24, 2.45) is 17.8 Å². The Kier molecular flexibility index (Phi) is 8.85. The predicted molar refractivity (Wildman–Crippen MR) is 114 cm³/mol. The number of benzene rings is 1. The molecule has 2 aliphatic rings. The zero-order chi connectivity index (χ0) is 25.0. The first-order valence-electron chi connectivity index (χ1n) is 11.2. The summed E-state index contributed by atoms with van der Waals surface area (Å²) in [5.74, 6) is -2.20. The molecule has 11 heteroatoms. The number of aliphatic hydroxyl groups excluding tert-OH is 4. The number of hydrogen-bond donors (Lipinski definition) is 5. The molecule has 1 saturated carbocycles. The number of carbonyl (C=O) groups is 2. The van der Waals surface area contributed by atoms with Gasteiger partial charge in [0.25, 0.3) is 0 Å². The molecule has 1 aromatic carbocycles. The van der Waals surface area contributed by atoms with Crippen molar-refractivity contribution in [1.29, 1.82) is 0 Å². The van der Waals surface area contributed by atoms with Crippen LogP contribution in [0, 0.1) is 17.8 Å². The van der Waals surface area contributed by atoms with Crippen LogP contribution in [0.1, 0.15) is 30.1 Å². The summed E-state index contributed by atoms with van der Waals surface area (Å²) in [6.45, 7) is 1.25. The summed E-state index contributed by atoms with van der Waals surface area (Å²) in [6.07, 6.45) is -7.09. The molecule has 3 rings (SSSR count). The SMILES string of the molecule is COC(=O)[C@H]1[C@H](CCO)C[C@@H](O[C@H]2O[C@H](COC(=O)c3ccc(O)cc3)[C@@H](O)[C@@H](O)[C@H]2O)[C@@H]1C. The third kappa shape index (κ3) is 5.68. The highest BCUT2D eigenvalue weighted by Crippen LogP contribution is 2.42. The molecule has 9 atom stereocenters. The summed E-state index contributed by atoms with van der Waals surface area (Å²) in [7, 11) is 1.29. The van der Waals surface area contributed by atoms with Gasteiger partial charge in [0.05, 0.1) is 24.7 Å². The number of ether oxygens (including phenoxy) is 4. The lowest BCUT2D eigenvalue weighted by atomic mass is 9.88. The number of methoxy groups -OCH3 is 1. The first-order chi connectivity index (χ1) is 16.2. The Bertz CT molecular complexity index is 829. The second-order valence-electron chi connectivity index (χ2n) is 8.75. The van der Waals surface area contributed by atoms with E-state index in [0.717, 1.165) is 0 Å². The van der Waals surface area contributed by atoms with Crippen LogP contribution in [0.25, 0.3) is 0 Å². The molecule has 0 unspecified atom stereocenters. The van der Waals surface area contributed by atoms with E-state index in [4.69, 9.17) is 18.9 Å². The molecule has 34 heavy (non-hydrogen) atoms. The van der Waals surface area contributed by atoms with Crippen molar-refractivity contribution in [1.82, 2.24) is 0 Å². The third-order valence-corrected chi connectivity index (χ3v) is 6.63. The zero-order valence-corrected chi connectivity index (χ0v) is 19.0. The first kappa shape index (κ1) is 26.3. The van der Waals surface area contributed by atoms with Gasteiger partial charge in [-0.1, -0.05) is 6.92 Å². The maximum Gasteiger partial charge on any atom is 0.338 e. The second kappa shape index (κ2) is 11.4. The number of hydrogen-bond acceptors (Lipinski definition) is 11. The highest BCUT2D eigenvalue weighted by molar-refractivity contribution is 5.89. The van der Waals surface area contributed by atoms with Gasteiger partial charge in [0.15, 0.2) is 6.29 Å². The molecule has 0 aromatic heterocycles. The molecule has 0 radical (unpaired) electrons. The molecular weight excluding hydrogens is 452 g/mol. The van der Waals surface area contributed by atoms with Crippen molar-refractivity contribution in [3.05, 3.63) is 29.8 Å². The Morgan fingerprint density at radius 3 is 2.38 bits per heavy atom. The average Bonchev–Trinajstić information content (AvgIpc) is 3.13. The van der Waals surface area contributed by atoms with E-state index >= 15 is 0 Å². The lowest BCUT2D eigenvalue weighted by molar-refractivity contribution is -0.313. The minimum atomic E-state index is -1.63. The van der Waals surface area contributed by atoms with E-state index in [1.54, 1.807) is 6.92 Å². The average molecular weight is 484 g/mol. The topological polar surface area (TPSA) is 172 Å². The lowest BCUT2D eigenvalue weighted by Gasteiger charge is -2.41. The van der Waals surface area contributed by atoms with Gasteiger partial charge < -0.3 is 44.5 Å². The Hall–Kier alpha value is -2.28. The summed E-state index contributed by atoms with van der Waals surface area (Å²) >= 11 is 0. The van der Waals surface area contributed by atoms with Crippen LogP contribution < -0.4 is 0 Å². The minimum Gasteiger partial charge on any atom is -0.508 e. The van der Waals surface area contributed by atoms with Gasteiger partial charge in [0.2, 0.25) is 0 Å². The number of aromatic hydroxyl groups is 1. The van der Waals surface area contributed by atoms with Crippen LogP contribution in [0.2, 0.25) is 0 Å². The van der Waals surface area contributed by atoms with Gasteiger partial charge in [-0.2, -0.15) is 0 Å². The predicted octanol–water partition coefficient (Wildman–Crippen LogP) is -0.431. The van der Waals surface area contributed by atoms with E-state index < -0.39 is 61.3 Å². The molecule has 1 aliphatic heterocycles. The molecule has 1 aliphatic carbocycles. The van der Waals surface area contributed by atoms with Crippen LogP contribution in [-0.4, -0.2) is 94.6 Å². The van der Waals surface area contributed by atoms with Crippen molar-refractivity contribution < 1.29 is 54.1 Å². The van der Waals surface area contributed by atoms with Crippen molar-refractivity contribution in [2.45, 2.75) is 56.6 Å². The number of rotatable bonds is 8. The molecule has 0 spiro atoms. The van der Waals surface area contributed by atoms with Crippen molar-refractivity contribution >= 4 is 11.9 Å². The van der Waals surface area contributed by atoms with Crippen LogP contribution in [0.15, 0.2) is 24.3 Å². The van der Waals surface area contributed by atoms with E-state index in [-0.39, 0.29) is 29.8 Å². The number of phenolic OH excluding ortho intramolecular Hbond substituents is 1. The summed E-state index contributed by atoms with van der Waals surface area (Å²) in [4.78, 5) is 24.5. The van der Waals surface area contributed by atoms with Crippen molar-refractivity contribution in [3.8, 4) is 5.75 Å². The van der Waals surface area contributed by atoms with Gasteiger partial charge in [-0.3, -0.25) is 4.79 Å². The molecule has 0 bridgehead atoms. The normalized spacial score (nSPS) is 35.6. The molecule has 2 fully saturated rings. The monoisotopic (exact) mass is 484 g/mol. The lowest BCUT2D eigenvalue weighted by Crippen LogP contribution is -2.60. The Balaban J connectivity index is 1.65. The molecular formula is C23H32O11. The first-order valence-corrected chi connectivity index (χ1v) is 11.2. The summed E-state index contributed by atoms with van der Waals surface area (Å²) in [5.41, 5.74) is 0.167. The van der Waals surface area contributed by atoms with Crippen molar-refractivity contribution in [2.75, 3.05) is 20.3 Å². The van der Waals surface area contributed by atoms with E-state index in [0.29, 0.717) is 12.8 Å².